The third-order valence-corrected chi connectivity index (χ3v) is 3.29. The van der Waals surface area contributed by atoms with Crippen molar-refractivity contribution in [2.24, 2.45) is 0 Å². The van der Waals surface area contributed by atoms with Crippen LogP contribution in [0.3, 0.4) is 0 Å². The van der Waals surface area contributed by atoms with Crippen LogP contribution in [-0.4, -0.2) is 51.0 Å². The van der Waals surface area contributed by atoms with Crippen molar-refractivity contribution in [3.8, 4) is 5.88 Å². The van der Waals surface area contributed by atoms with E-state index >= 15 is 0 Å². The van der Waals surface area contributed by atoms with E-state index in [0.717, 1.165) is 45.0 Å². The monoisotopic (exact) mass is 265 g/mol. The molecular weight excluding hydrogens is 242 g/mol. The van der Waals surface area contributed by atoms with Crippen molar-refractivity contribution in [1.29, 1.82) is 0 Å². The van der Waals surface area contributed by atoms with E-state index in [-0.39, 0.29) is 0 Å². The first-order valence-electron chi connectivity index (χ1n) is 6.90. The van der Waals surface area contributed by atoms with Gasteiger partial charge in [-0.05, 0) is 19.0 Å². The largest absolute Gasteiger partial charge is 0.481 e. The summed E-state index contributed by atoms with van der Waals surface area (Å²) in [6.07, 6.45) is 2.94. The Morgan fingerprint density at radius 2 is 2.47 bits per heavy atom. The van der Waals surface area contributed by atoms with Gasteiger partial charge in [-0.1, -0.05) is 6.92 Å². The van der Waals surface area contributed by atoms with E-state index in [9.17, 15) is 0 Å². The Morgan fingerprint density at radius 3 is 3.26 bits per heavy atom. The predicted octanol–water partition coefficient (Wildman–Crippen LogP) is 1.29. The zero-order valence-corrected chi connectivity index (χ0v) is 11.8. The molecule has 1 aliphatic heterocycles. The number of morpholine rings is 1. The normalized spacial score (nSPS) is 19.5. The van der Waals surface area contributed by atoms with E-state index in [4.69, 9.17) is 9.47 Å². The molecule has 1 atom stereocenters. The number of pyridine rings is 1. The molecular formula is C14H23N3O2. The summed E-state index contributed by atoms with van der Waals surface area (Å²) in [6, 6.07) is 4.38. The van der Waals surface area contributed by atoms with Crippen molar-refractivity contribution >= 4 is 5.69 Å². The maximum atomic E-state index is 5.59. The first-order chi connectivity index (χ1) is 9.35. The number of methoxy groups -OCH3 is 1. The lowest BCUT2D eigenvalue weighted by Gasteiger charge is -2.37. The summed E-state index contributed by atoms with van der Waals surface area (Å²) >= 11 is 0. The maximum absolute atomic E-state index is 5.59. The quantitative estimate of drug-likeness (QED) is 0.786. The molecule has 0 radical (unpaired) electrons. The number of ether oxygens (including phenoxy) is 2. The van der Waals surface area contributed by atoms with Gasteiger partial charge in [0, 0.05) is 31.0 Å². The molecule has 1 aliphatic rings. The third-order valence-electron chi connectivity index (χ3n) is 3.29. The number of anilines is 1. The average molecular weight is 265 g/mol. The fourth-order valence-electron chi connectivity index (χ4n) is 2.30. The Hall–Kier alpha value is -1.33. The standard InChI is InChI=1S/C14H23N3O2/c1-3-5-15-10-13-11-19-8-7-17(13)12-4-6-16-14(9-12)18-2/h4,6,9,13,15H,3,5,7-8,10-11H2,1-2H3. The van der Waals surface area contributed by atoms with Crippen molar-refractivity contribution in [3.05, 3.63) is 18.3 Å². The summed E-state index contributed by atoms with van der Waals surface area (Å²) in [5.74, 6) is 0.657. The Bertz CT molecular complexity index is 387. The fourth-order valence-corrected chi connectivity index (χ4v) is 2.30. The smallest absolute Gasteiger partial charge is 0.214 e. The summed E-state index contributed by atoms with van der Waals surface area (Å²) in [6.45, 7) is 6.61. The van der Waals surface area contributed by atoms with Crippen LogP contribution in [0.25, 0.3) is 0 Å². The van der Waals surface area contributed by atoms with Gasteiger partial charge < -0.3 is 19.7 Å². The Balaban J connectivity index is 2.05. The van der Waals surface area contributed by atoms with Crippen LogP contribution in [0.1, 0.15) is 13.3 Å². The van der Waals surface area contributed by atoms with Gasteiger partial charge in [-0.25, -0.2) is 4.98 Å². The van der Waals surface area contributed by atoms with Crippen LogP contribution >= 0.6 is 0 Å². The number of hydrogen-bond acceptors (Lipinski definition) is 5. The molecule has 5 heteroatoms. The van der Waals surface area contributed by atoms with Crippen LogP contribution in [-0.2, 0) is 4.74 Å². The Morgan fingerprint density at radius 1 is 1.58 bits per heavy atom. The van der Waals surface area contributed by atoms with E-state index < -0.39 is 0 Å². The average Bonchev–Trinajstić information content (AvgIpc) is 2.48. The minimum absolute atomic E-state index is 0.368. The Kier molecular flexibility index (Phi) is 5.42. The van der Waals surface area contributed by atoms with Gasteiger partial charge in [0.25, 0.3) is 0 Å². The third kappa shape index (κ3) is 3.81. The molecule has 5 nitrogen and oxygen atoms in total. The van der Waals surface area contributed by atoms with Crippen molar-refractivity contribution in [3.63, 3.8) is 0 Å². The van der Waals surface area contributed by atoms with E-state index in [0.29, 0.717) is 11.9 Å². The van der Waals surface area contributed by atoms with Gasteiger partial charge in [-0.2, -0.15) is 0 Å². The molecule has 0 aromatic carbocycles. The lowest BCUT2D eigenvalue weighted by atomic mass is 10.2. The molecule has 1 unspecified atom stereocenters. The zero-order chi connectivity index (χ0) is 13.5. The second kappa shape index (κ2) is 7.31. The van der Waals surface area contributed by atoms with Gasteiger partial charge in [0.1, 0.15) is 0 Å². The molecule has 0 saturated carbocycles. The van der Waals surface area contributed by atoms with Gasteiger partial charge in [0.2, 0.25) is 5.88 Å². The number of aromatic nitrogens is 1. The van der Waals surface area contributed by atoms with Gasteiger partial charge in [-0.3, -0.25) is 0 Å². The molecule has 0 bridgehead atoms. The first-order valence-corrected chi connectivity index (χ1v) is 6.90. The minimum Gasteiger partial charge on any atom is -0.481 e. The van der Waals surface area contributed by atoms with Crippen LogP contribution in [0.4, 0.5) is 5.69 Å². The molecule has 0 aliphatic carbocycles. The SMILES string of the molecule is CCCNCC1COCCN1c1ccnc(OC)c1. The van der Waals surface area contributed by atoms with E-state index in [1.165, 1.54) is 0 Å². The summed E-state index contributed by atoms with van der Waals surface area (Å²) in [5.41, 5.74) is 1.15. The summed E-state index contributed by atoms with van der Waals surface area (Å²) in [5, 5.41) is 3.46. The second-order valence-electron chi connectivity index (χ2n) is 4.68. The predicted molar refractivity (Wildman–Crippen MR) is 75.9 cm³/mol. The van der Waals surface area contributed by atoms with E-state index in [1.54, 1.807) is 13.3 Å². The number of rotatable bonds is 6. The Labute approximate surface area is 114 Å². The molecule has 1 aromatic rings. The van der Waals surface area contributed by atoms with Crippen molar-refractivity contribution in [2.45, 2.75) is 19.4 Å². The van der Waals surface area contributed by atoms with Gasteiger partial charge in [0.15, 0.2) is 0 Å². The maximum Gasteiger partial charge on any atom is 0.214 e. The highest BCUT2D eigenvalue weighted by atomic mass is 16.5. The molecule has 0 spiro atoms. The molecule has 2 heterocycles. The first kappa shape index (κ1) is 14.1. The van der Waals surface area contributed by atoms with Crippen LogP contribution in [0.15, 0.2) is 18.3 Å². The molecule has 1 aromatic heterocycles. The highest BCUT2D eigenvalue weighted by Crippen LogP contribution is 2.22. The summed E-state index contributed by atoms with van der Waals surface area (Å²) < 4.78 is 10.8. The van der Waals surface area contributed by atoms with Crippen LogP contribution in [0.5, 0.6) is 5.88 Å². The molecule has 19 heavy (non-hydrogen) atoms. The van der Waals surface area contributed by atoms with Gasteiger partial charge in [-0.15, -0.1) is 0 Å². The van der Waals surface area contributed by atoms with E-state index in [2.05, 4.69) is 22.1 Å². The topological polar surface area (TPSA) is 46.6 Å². The fraction of sp³-hybridized carbons (Fsp3) is 0.643. The molecule has 0 amide bonds. The zero-order valence-electron chi connectivity index (χ0n) is 11.8. The molecule has 1 saturated heterocycles. The minimum atomic E-state index is 0.368. The highest BCUT2D eigenvalue weighted by molar-refractivity contribution is 5.49. The van der Waals surface area contributed by atoms with Crippen molar-refractivity contribution in [2.75, 3.05) is 44.9 Å². The highest BCUT2D eigenvalue weighted by Gasteiger charge is 2.23. The van der Waals surface area contributed by atoms with E-state index in [1.807, 2.05) is 12.1 Å². The van der Waals surface area contributed by atoms with Crippen LogP contribution in [0, 0.1) is 0 Å². The molecule has 2 rings (SSSR count). The second-order valence-corrected chi connectivity index (χ2v) is 4.68. The van der Waals surface area contributed by atoms with Crippen molar-refractivity contribution < 1.29 is 9.47 Å². The number of hydrogen-bond donors (Lipinski definition) is 1. The molecule has 1 N–H and O–H groups in total. The van der Waals surface area contributed by atoms with Gasteiger partial charge >= 0.3 is 0 Å². The lowest BCUT2D eigenvalue weighted by Crippen LogP contribution is -2.50. The summed E-state index contributed by atoms with van der Waals surface area (Å²) in [7, 11) is 1.64. The molecule has 1 fully saturated rings. The van der Waals surface area contributed by atoms with Gasteiger partial charge in [0.05, 0.1) is 26.4 Å². The van der Waals surface area contributed by atoms with Crippen molar-refractivity contribution in [1.82, 2.24) is 10.3 Å². The lowest BCUT2D eigenvalue weighted by molar-refractivity contribution is 0.0938. The molecule has 106 valence electrons. The van der Waals surface area contributed by atoms with Crippen LogP contribution < -0.4 is 15.0 Å². The van der Waals surface area contributed by atoms with Crippen LogP contribution in [0.2, 0.25) is 0 Å². The number of nitrogens with one attached hydrogen (secondary N) is 1. The summed E-state index contributed by atoms with van der Waals surface area (Å²) in [4.78, 5) is 6.53. The number of nitrogens with zero attached hydrogens (tertiary/aromatic N) is 2.